The molecule has 76 valence electrons. The van der Waals surface area contributed by atoms with Crippen molar-refractivity contribution < 1.29 is 9.53 Å². The summed E-state index contributed by atoms with van der Waals surface area (Å²) >= 11 is 0. The van der Waals surface area contributed by atoms with E-state index in [1.807, 2.05) is 0 Å². The highest BCUT2D eigenvalue weighted by molar-refractivity contribution is 5.93. The second kappa shape index (κ2) is 4.04. The van der Waals surface area contributed by atoms with Crippen molar-refractivity contribution in [2.45, 2.75) is 26.9 Å². The monoisotopic (exact) mass is 195 g/mol. The molecule has 0 unspecified atom stereocenters. The van der Waals surface area contributed by atoms with Gasteiger partial charge in [0.2, 0.25) is 0 Å². The molecule has 0 radical (unpaired) electrons. The maximum absolute atomic E-state index is 11.4. The quantitative estimate of drug-likeness (QED) is 0.710. The number of rotatable bonds is 2. The smallest absolute Gasteiger partial charge is 0.343 e. The molecule has 0 saturated carbocycles. The van der Waals surface area contributed by atoms with Gasteiger partial charge in [-0.05, 0) is 20.8 Å². The number of esters is 1. The molecule has 0 aliphatic carbocycles. The molecule has 5 heteroatoms. The topological polar surface area (TPSA) is 78.1 Å². The van der Waals surface area contributed by atoms with Gasteiger partial charge in [0.15, 0.2) is 0 Å². The van der Waals surface area contributed by atoms with Gasteiger partial charge < -0.3 is 10.5 Å². The van der Waals surface area contributed by atoms with Crippen molar-refractivity contribution in [2.24, 2.45) is 0 Å². The molecular weight excluding hydrogens is 182 g/mol. The zero-order chi connectivity index (χ0) is 10.7. The molecule has 2 N–H and O–H groups in total. The summed E-state index contributed by atoms with van der Waals surface area (Å²) in [7, 11) is 0. The lowest BCUT2D eigenvalue weighted by Gasteiger charge is -2.08. The van der Waals surface area contributed by atoms with E-state index in [1.54, 1.807) is 20.8 Å². The van der Waals surface area contributed by atoms with Gasteiger partial charge in [0.25, 0.3) is 0 Å². The molecule has 0 amide bonds. The summed E-state index contributed by atoms with van der Waals surface area (Å²) in [6.07, 6.45) is 1.20. The molecule has 0 aliphatic rings. The van der Waals surface area contributed by atoms with E-state index in [0.717, 1.165) is 0 Å². The van der Waals surface area contributed by atoms with Crippen molar-refractivity contribution in [3.05, 3.63) is 17.6 Å². The molecule has 1 rings (SSSR count). The van der Waals surface area contributed by atoms with Gasteiger partial charge in [0.1, 0.15) is 17.2 Å². The number of nitrogen functional groups attached to an aromatic ring is 1. The van der Waals surface area contributed by atoms with E-state index in [-0.39, 0.29) is 17.5 Å². The van der Waals surface area contributed by atoms with Crippen LogP contribution >= 0.6 is 0 Å². The number of anilines is 1. The minimum absolute atomic E-state index is 0.156. The van der Waals surface area contributed by atoms with Gasteiger partial charge in [0.05, 0.1) is 6.10 Å². The van der Waals surface area contributed by atoms with Gasteiger partial charge in [0, 0.05) is 6.20 Å². The normalized spacial score (nSPS) is 10.3. The summed E-state index contributed by atoms with van der Waals surface area (Å²) in [6.45, 7) is 5.24. The first kappa shape index (κ1) is 10.4. The predicted octanol–water partition coefficient (Wildman–Crippen LogP) is 0.932. The molecule has 1 aromatic heterocycles. The number of aromatic nitrogens is 2. The van der Waals surface area contributed by atoms with Crippen LogP contribution in [0.3, 0.4) is 0 Å². The molecule has 1 aromatic rings. The van der Waals surface area contributed by atoms with E-state index in [9.17, 15) is 4.79 Å². The Hall–Kier alpha value is -1.65. The SMILES string of the molecule is Cc1ncc(C(=O)OC(C)C)c(N)n1. The summed E-state index contributed by atoms with van der Waals surface area (Å²) < 4.78 is 4.96. The van der Waals surface area contributed by atoms with Crippen molar-refractivity contribution in [1.82, 2.24) is 9.97 Å². The molecule has 5 nitrogen and oxygen atoms in total. The van der Waals surface area contributed by atoms with E-state index < -0.39 is 5.97 Å². The molecule has 0 fully saturated rings. The minimum atomic E-state index is -0.488. The van der Waals surface area contributed by atoms with E-state index in [1.165, 1.54) is 6.20 Å². The van der Waals surface area contributed by atoms with E-state index in [2.05, 4.69) is 9.97 Å². The summed E-state index contributed by atoms with van der Waals surface area (Å²) in [5, 5.41) is 0. The molecule has 1 heterocycles. The van der Waals surface area contributed by atoms with E-state index in [4.69, 9.17) is 10.5 Å². The molecule has 0 aliphatic heterocycles. The van der Waals surface area contributed by atoms with Crippen LogP contribution in [0.4, 0.5) is 5.82 Å². The number of nitrogens with zero attached hydrogens (tertiary/aromatic N) is 2. The predicted molar refractivity (Wildman–Crippen MR) is 51.7 cm³/mol. The Kier molecular flexibility index (Phi) is 3.01. The van der Waals surface area contributed by atoms with Crippen LogP contribution < -0.4 is 5.73 Å². The molecule has 0 bridgehead atoms. The third kappa shape index (κ3) is 2.42. The lowest BCUT2D eigenvalue weighted by Crippen LogP contribution is -2.15. The average molecular weight is 195 g/mol. The Bertz CT molecular complexity index is 350. The standard InChI is InChI=1S/C9H13N3O2/c1-5(2)14-9(13)7-4-11-6(3)12-8(7)10/h4-5H,1-3H3,(H2,10,11,12). The maximum atomic E-state index is 11.4. The van der Waals surface area contributed by atoms with Crippen molar-refractivity contribution in [3.8, 4) is 0 Å². The molecular formula is C9H13N3O2. The van der Waals surface area contributed by atoms with Crippen LogP contribution in [0.2, 0.25) is 0 Å². The van der Waals surface area contributed by atoms with Crippen LogP contribution in [-0.2, 0) is 4.74 Å². The number of hydrogen-bond donors (Lipinski definition) is 1. The van der Waals surface area contributed by atoms with Gasteiger partial charge in [-0.15, -0.1) is 0 Å². The summed E-state index contributed by atoms with van der Waals surface area (Å²) in [4.78, 5) is 19.1. The number of carbonyl (C=O) groups excluding carboxylic acids is 1. The van der Waals surface area contributed by atoms with Crippen molar-refractivity contribution in [2.75, 3.05) is 5.73 Å². The van der Waals surface area contributed by atoms with Gasteiger partial charge in [-0.3, -0.25) is 0 Å². The van der Waals surface area contributed by atoms with Crippen molar-refractivity contribution >= 4 is 11.8 Å². The fourth-order valence-corrected chi connectivity index (χ4v) is 0.922. The highest BCUT2D eigenvalue weighted by Gasteiger charge is 2.14. The van der Waals surface area contributed by atoms with Gasteiger partial charge >= 0.3 is 5.97 Å². The second-order valence-corrected chi connectivity index (χ2v) is 3.17. The van der Waals surface area contributed by atoms with E-state index in [0.29, 0.717) is 5.82 Å². The number of aryl methyl sites for hydroxylation is 1. The van der Waals surface area contributed by atoms with Gasteiger partial charge in [-0.25, -0.2) is 14.8 Å². The van der Waals surface area contributed by atoms with Crippen LogP contribution in [0.5, 0.6) is 0 Å². The molecule has 14 heavy (non-hydrogen) atoms. The van der Waals surface area contributed by atoms with Crippen LogP contribution in [0.25, 0.3) is 0 Å². The Morgan fingerprint density at radius 1 is 1.57 bits per heavy atom. The highest BCUT2D eigenvalue weighted by Crippen LogP contribution is 2.09. The Morgan fingerprint density at radius 3 is 2.71 bits per heavy atom. The van der Waals surface area contributed by atoms with Crippen molar-refractivity contribution in [1.29, 1.82) is 0 Å². The van der Waals surface area contributed by atoms with E-state index >= 15 is 0 Å². The minimum Gasteiger partial charge on any atom is -0.459 e. The highest BCUT2D eigenvalue weighted by atomic mass is 16.5. The largest absolute Gasteiger partial charge is 0.459 e. The Labute approximate surface area is 82.3 Å². The summed E-state index contributed by atoms with van der Waals surface area (Å²) in [5.74, 6) is 0.198. The van der Waals surface area contributed by atoms with Crippen molar-refractivity contribution in [3.63, 3.8) is 0 Å². The Balaban J connectivity index is 2.90. The van der Waals surface area contributed by atoms with Crippen LogP contribution in [0.1, 0.15) is 30.0 Å². The number of nitrogens with two attached hydrogens (primary N) is 1. The summed E-state index contributed by atoms with van der Waals surface area (Å²) in [5.41, 5.74) is 5.76. The third-order valence-corrected chi connectivity index (χ3v) is 1.50. The third-order valence-electron chi connectivity index (χ3n) is 1.50. The first-order valence-corrected chi connectivity index (χ1v) is 4.31. The van der Waals surface area contributed by atoms with Crippen LogP contribution in [0, 0.1) is 6.92 Å². The first-order valence-electron chi connectivity index (χ1n) is 4.31. The van der Waals surface area contributed by atoms with Gasteiger partial charge in [-0.1, -0.05) is 0 Å². The number of hydrogen-bond acceptors (Lipinski definition) is 5. The average Bonchev–Trinajstić information content (AvgIpc) is 2.01. The maximum Gasteiger partial charge on any atom is 0.343 e. The fourth-order valence-electron chi connectivity index (χ4n) is 0.922. The fraction of sp³-hybridized carbons (Fsp3) is 0.444. The lowest BCUT2D eigenvalue weighted by atomic mass is 10.3. The zero-order valence-corrected chi connectivity index (χ0v) is 8.44. The van der Waals surface area contributed by atoms with Crippen LogP contribution in [-0.4, -0.2) is 22.0 Å². The molecule has 0 atom stereocenters. The molecule has 0 saturated heterocycles. The van der Waals surface area contributed by atoms with Gasteiger partial charge in [-0.2, -0.15) is 0 Å². The lowest BCUT2D eigenvalue weighted by molar-refractivity contribution is 0.0378. The molecule has 0 spiro atoms. The second-order valence-electron chi connectivity index (χ2n) is 3.17. The Morgan fingerprint density at radius 2 is 2.21 bits per heavy atom. The summed E-state index contributed by atoms with van der Waals surface area (Å²) in [6, 6.07) is 0. The van der Waals surface area contributed by atoms with Crippen LogP contribution in [0.15, 0.2) is 6.20 Å². The number of carbonyl (C=O) groups is 1. The number of ether oxygens (including phenoxy) is 1. The first-order chi connectivity index (χ1) is 6.50. The zero-order valence-electron chi connectivity index (χ0n) is 8.44. The molecule has 0 aromatic carbocycles.